The molecule has 0 atom stereocenters. The number of hydrogen-bond donors (Lipinski definition) is 2. The van der Waals surface area contributed by atoms with Crippen molar-refractivity contribution in [3.63, 3.8) is 0 Å². The molecule has 1 heterocycles. The van der Waals surface area contributed by atoms with Gasteiger partial charge in [0.25, 0.3) is 0 Å². The first-order valence-electron chi connectivity index (χ1n) is 8.22. The SMILES string of the molecule is COc1ccccc1CNc1nccc(Nc2cccc(C(C)=O)c2)n1. The molecule has 0 aliphatic rings. The van der Waals surface area contributed by atoms with Crippen molar-refractivity contribution in [3.8, 4) is 5.75 Å². The van der Waals surface area contributed by atoms with Crippen molar-refractivity contribution in [1.82, 2.24) is 9.97 Å². The summed E-state index contributed by atoms with van der Waals surface area (Å²) in [5, 5.41) is 6.39. The lowest BCUT2D eigenvalue weighted by molar-refractivity contribution is 0.101. The second-order valence-electron chi connectivity index (χ2n) is 5.69. The first-order valence-corrected chi connectivity index (χ1v) is 8.22. The molecule has 3 rings (SSSR count). The summed E-state index contributed by atoms with van der Waals surface area (Å²) in [6.07, 6.45) is 1.68. The Balaban J connectivity index is 1.70. The van der Waals surface area contributed by atoms with Gasteiger partial charge in [-0.15, -0.1) is 0 Å². The Labute approximate surface area is 152 Å². The van der Waals surface area contributed by atoms with Crippen LogP contribution in [0.4, 0.5) is 17.5 Å². The van der Waals surface area contributed by atoms with Crippen molar-refractivity contribution in [3.05, 3.63) is 71.9 Å². The number of para-hydroxylation sites is 1. The molecule has 6 heteroatoms. The molecule has 0 saturated heterocycles. The monoisotopic (exact) mass is 348 g/mol. The molecule has 6 nitrogen and oxygen atoms in total. The lowest BCUT2D eigenvalue weighted by Crippen LogP contribution is -2.06. The van der Waals surface area contributed by atoms with Crippen molar-refractivity contribution in [2.24, 2.45) is 0 Å². The van der Waals surface area contributed by atoms with Crippen molar-refractivity contribution in [2.45, 2.75) is 13.5 Å². The van der Waals surface area contributed by atoms with Crippen molar-refractivity contribution < 1.29 is 9.53 Å². The molecular weight excluding hydrogens is 328 g/mol. The predicted molar refractivity (Wildman–Crippen MR) is 102 cm³/mol. The summed E-state index contributed by atoms with van der Waals surface area (Å²) in [6, 6.07) is 16.9. The van der Waals surface area contributed by atoms with E-state index in [1.807, 2.05) is 36.4 Å². The molecule has 0 radical (unpaired) electrons. The molecule has 0 unspecified atom stereocenters. The molecule has 0 aliphatic heterocycles. The zero-order valence-electron chi connectivity index (χ0n) is 14.7. The van der Waals surface area contributed by atoms with Crippen molar-refractivity contribution >= 4 is 23.2 Å². The highest BCUT2D eigenvalue weighted by Crippen LogP contribution is 2.19. The fraction of sp³-hybridized carbons (Fsp3) is 0.150. The second kappa shape index (κ2) is 8.11. The van der Waals surface area contributed by atoms with Gasteiger partial charge in [0.2, 0.25) is 5.95 Å². The fourth-order valence-electron chi connectivity index (χ4n) is 2.50. The van der Waals surface area contributed by atoms with E-state index in [9.17, 15) is 4.79 Å². The standard InChI is InChI=1S/C20H20N4O2/c1-14(25)15-7-5-8-17(12-15)23-19-10-11-21-20(24-19)22-13-16-6-3-4-9-18(16)26-2/h3-12H,13H2,1-2H3,(H2,21,22,23,24). The Morgan fingerprint density at radius 3 is 2.77 bits per heavy atom. The van der Waals surface area contributed by atoms with E-state index in [-0.39, 0.29) is 5.78 Å². The quantitative estimate of drug-likeness (QED) is 0.628. The number of carbonyl (C=O) groups excluding carboxylic acids is 1. The maximum absolute atomic E-state index is 11.5. The Morgan fingerprint density at radius 1 is 1.12 bits per heavy atom. The molecule has 0 aliphatic carbocycles. The van der Waals surface area contributed by atoms with Gasteiger partial charge in [-0.1, -0.05) is 30.3 Å². The lowest BCUT2D eigenvalue weighted by atomic mass is 10.1. The Hall–Kier alpha value is -3.41. The maximum Gasteiger partial charge on any atom is 0.224 e. The highest BCUT2D eigenvalue weighted by Gasteiger charge is 2.05. The van der Waals surface area contributed by atoms with Gasteiger partial charge in [-0.25, -0.2) is 4.98 Å². The van der Waals surface area contributed by atoms with E-state index < -0.39 is 0 Å². The molecule has 3 aromatic rings. The number of aromatic nitrogens is 2. The highest BCUT2D eigenvalue weighted by atomic mass is 16.5. The molecule has 2 N–H and O–H groups in total. The van der Waals surface area contributed by atoms with E-state index >= 15 is 0 Å². The molecule has 0 bridgehead atoms. The molecule has 0 amide bonds. The summed E-state index contributed by atoms with van der Waals surface area (Å²) in [5.74, 6) is 1.98. The van der Waals surface area contributed by atoms with Crippen LogP contribution in [-0.4, -0.2) is 22.9 Å². The minimum atomic E-state index is 0.0236. The minimum absolute atomic E-state index is 0.0236. The third kappa shape index (κ3) is 4.36. The van der Waals surface area contributed by atoms with Crippen molar-refractivity contribution in [1.29, 1.82) is 0 Å². The van der Waals surface area contributed by atoms with Crippen LogP contribution in [0.3, 0.4) is 0 Å². The van der Waals surface area contributed by atoms with Gasteiger partial charge in [0, 0.05) is 29.6 Å². The summed E-state index contributed by atoms with van der Waals surface area (Å²) < 4.78 is 5.35. The Morgan fingerprint density at radius 2 is 1.96 bits per heavy atom. The van der Waals surface area contributed by atoms with Crippen LogP contribution in [-0.2, 0) is 6.54 Å². The summed E-state index contributed by atoms with van der Waals surface area (Å²) >= 11 is 0. The Bertz CT molecular complexity index is 912. The Kier molecular flexibility index (Phi) is 5.43. The van der Waals surface area contributed by atoms with Crippen LogP contribution < -0.4 is 15.4 Å². The van der Waals surface area contributed by atoms with E-state index in [4.69, 9.17) is 4.74 Å². The molecule has 0 fully saturated rings. The number of nitrogens with one attached hydrogen (secondary N) is 2. The van der Waals surface area contributed by atoms with E-state index in [1.165, 1.54) is 0 Å². The van der Waals surface area contributed by atoms with Crippen molar-refractivity contribution in [2.75, 3.05) is 17.7 Å². The molecule has 132 valence electrons. The molecular formula is C20H20N4O2. The summed E-state index contributed by atoms with van der Waals surface area (Å²) in [7, 11) is 1.65. The normalized spacial score (nSPS) is 10.2. The molecule has 1 aromatic heterocycles. The van der Waals surface area contributed by atoms with Gasteiger partial charge in [-0.05, 0) is 31.2 Å². The number of hydrogen-bond acceptors (Lipinski definition) is 6. The zero-order chi connectivity index (χ0) is 18.4. The third-order valence-electron chi connectivity index (χ3n) is 3.83. The lowest BCUT2D eigenvalue weighted by Gasteiger charge is -2.11. The van der Waals surface area contributed by atoms with Crippen LogP contribution in [0.5, 0.6) is 5.75 Å². The van der Waals surface area contributed by atoms with Gasteiger partial charge >= 0.3 is 0 Å². The van der Waals surface area contributed by atoms with Crippen LogP contribution in [0.2, 0.25) is 0 Å². The van der Waals surface area contributed by atoms with Gasteiger partial charge in [0.1, 0.15) is 11.6 Å². The van der Waals surface area contributed by atoms with Gasteiger partial charge in [0.15, 0.2) is 5.78 Å². The first kappa shape index (κ1) is 17.4. The van der Waals surface area contributed by atoms with Gasteiger partial charge in [0.05, 0.1) is 7.11 Å². The average Bonchev–Trinajstić information content (AvgIpc) is 2.67. The number of nitrogens with zero attached hydrogens (tertiary/aromatic N) is 2. The van der Waals surface area contributed by atoms with Gasteiger partial charge < -0.3 is 15.4 Å². The van der Waals surface area contributed by atoms with Gasteiger partial charge in [-0.3, -0.25) is 4.79 Å². The second-order valence-corrected chi connectivity index (χ2v) is 5.69. The summed E-state index contributed by atoms with van der Waals surface area (Å²) in [4.78, 5) is 20.2. The molecule has 26 heavy (non-hydrogen) atoms. The average molecular weight is 348 g/mol. The maximum atomic E-state index is 11.5. The molecule has 0 spiro atoms. The number of carbonyl (C=O) groups is 1. The van der Waals surface area contributed by atoms with E-state index in [0.29, 0.717) is 23.9 Å². The van der Waals surface area contributed by atoms with Gasteiger partial charge in [-0.2, -0.15) is 4.98 Å². The van der Waals surface area contributed by atoms with E-state index in [0.717, 1.165) is 17.0 Å². The number of Topliss-reactive ketones (excluding diaryl/α,β-unsaturated/α-hetero) is 1. The van der Waals surface area contributed by atoms with Crippen LogP contribution in [0.15, 0.2) is 60.8 Å². The smallest absolute Gasteiger partial charge is 0.224 e. The van der Waals surface area contributed by atoms with Crippen LogP contribution in [0, 0.1) is 0 Å². The van der Waals surface area contributed by atoms with Crippen LogP contribution in [0.25, 0.3) is 0 Å². The fourth-order valence-corrected chi connectivity index (χ4v) is 2.50. The number of ether oxygens (including phenoxy) is 1. The van der Waals surface area contributed by atoms with E-state index in [2.05, 4.69) is 20.6 Å². The third-order valence-corrected chi connectivity index (χ3v) is 3.83. The molecule has 2 aromatic carbocycles. The molecule has 0 saturated carbocycles. The van der Waals surface area contributed by atoms with Crippen LogP contribution in [0.1, 0.15) is 22.8 Å². The number of anilines is 3. The van der Waals surface area contributed by atoms with Crippen LogP contribution >= 0.6 is 0 Å². The number of methoxy groups -OCH3 is 1. The zero-order valence-corrected chi connectivity index (χ0v) is 14.7. The topological polar surface area (TPSA) is 76.1 Å². The van der Waals surface area contributed by atoms with E-state index in [1.54, 1.807) is 38.4 Å². The number of benzene rings is 2. The predicted octanol–water partition coefficient (Wildman–Crippen LogP) is 4.04. The number of rotatable bonds is 7. The first-order chi connectivity index (χ1) is 12.7. The highest BCUT2D eigenvalue weighted by molar-refractivity contribution is 5.95. The largest absolute Gasteiger partial charge is 0.496 e. The number of ketones is 1. The minimum Gasteiger partial charge on any atom is -0.496 e. The summed E-state index contributed by atoms with van der Waals surface area (Å²) in [5.41, 5.74) is 2.47. The summed E-state index contributed by atoms with van der Waals surface area (Å²) in [6.45, 7) is 2.09.